The Morgan fingerprint density at radius 2 is 0.881 bits per heavy atom. The first-order valence-corrected chi connectivity index (χ1v) is 42.2. The second-order valence-corrected chi connectivity index (χ2v) is 36.2. The number of hydrogen-bond acceptors (Lipinski definition) is 22. The lowest BCUT2D eigenvalue weighted by Crippen LogP contribution is -2.42. The molecule has 0 saturated heterocycles. The molecule has 0 radical (unpaired) electrons. The van der Waals surface area contributed by atoms with Gasteiger partial charge in [0.05, 0.1) is 83.2 Å². The highest BCUT2D eigenvalue weighted by molar-refractivity contribution is 14.1. The second-order valence-electron chi connectivity index (χ2n) is 30.7. The number of pyridine rings is 5. The molecule has 0 bridgehead atoms. The number of hydrogen-bond donors (Lipinski definition) is 8. The Morgan fingerprint density at radius 3 is 1.28 bits per heavy atom. The number of fused-ring (bicyclic) bond motifs is 5. The normalized spacial score (nSPS) is 14.9. The van der Waals surface area contributed by atoms with Crippen molar-refractivity contribution in [2.75, 3.05) is 0 Å². The van der Waals surface area contributed by atoms with Crippen LogP contribution in [-0.4, -0.2) is 123 Å². The number of amides is 5. The first-order chi connectivity index (χ1) is 58.4. The smallest absolute Gasteiger partial charge is 0.342 e. The van der Waals surface area contributed by atoms with Crippen LogP contribution in [0.5, 0.6) is 0 Å². The number of terminal acetylenes is 1. The van der Waals surface area contributed by atoms with Crippen molar-refractivity contribution in [2.24, 2.45) is 0 Å². The summed E-state index contributed by atoms with van der Waals surface area (Å²) in [5.41, 5.74) is 7.57. The third-order valence-electron chi connectivity index (χ3n) is 18.9. The molecule has 2 aromatic carbocycles. The largest absolute Gasteiger partial charge is 0.477 e. The fourth-order valence-corrected chi connectivity index (χ4v) is 16.1. The zero-order valence-corrected chi connectivity index (χ0v) is 79.9. The molecule has 8 N–H and O–H groups in total. The topological polar surface area (TPSA) is 408 Å². The summed E-state index contributed by atoms with van der Waals surface area (Å²) in [5, 5.41) is 35.3. The van der Waals surface area contributed by atoms with Crippen LogP contribution in [0, 0.1) is 27.7 Å². The van der Waals surface area contributed by atoms with E-state index in [0.717, 1.165) is 55.4 Å². The number of aromatic nitrogens is 11. The van der Waals surface area contributed by atoms with Crippen LogP contribution in [0.15, 0.2) is 91.9 Å². The Kier molecular flexibility index (Phi) is 33.3. The summed E-state index contributed by atoms with van der Waals surface area (Å²) in [5.74, 6) is -1.50. The number of rotatable bonds is 9. The standard InChI is InChI=1S/C17H14ClFN2O2.C17H18ClFN2O.C11H11ClN2O2.C10H9Cl2N3O.C9H8ClIN2O.C9H9ClN2O.C5HCl3N2O.C5H2Cl2N2O2/c1-8(22)13-7-10-14(16(23)21-17(10,2)3)15(20-13)9-4-5-12(19)11(18)6-9;1-9(22)15-7-12-11(8-20-17(12,2)3)16(21-15)10-4-5-14(19)13(18)6-10;1-5(15)7-4-6-8(9(12)13-7)10(16)14-11(6,2)3;1-4-10(2,3)15-9(16)6-7(11)13-5-14-8(6)12;1-9(2)4-3-5(11)12-7(10)6(4)8(14)13-9;1-9(2)5-3-4-11-7(10)6(5)8(13)12-9;6-3-2(5(8)11)4(7)10-1-9-3;6-3-2(5(10)11)4(7)9-1-8-3/h4-7H,1-3H3,(H,21,23);4-7,9,20,22H,8H2,1-3H3;4H,1-3H3,(H,14,16);1,5H,2-3H3,(H,15,16);3H,1-2H3,(H,13,14);3-4H,1-2H3,(H,12,13);1H;1H,(H,10,11). The number of carboxylic acid groups (broad SMARTS) is 1. The molecule has 28 nitrogen and oxygen atoms in total. The zero-order chi connectivity index (χ0) is 94.4. The Labute approximate surface area is 793 Å². The van der Waals surface area contributed by atoms with Gasteiger partial charge in [-0.05, 0) is 224 Å². The van der Waals surface area contributed by atoms with Crippen molar-refractivity contribution < 1.29 is 62.1 Å². The summed E-state index contributed by atoms with van der Waals surface area (Å²) in [6.45, 7) is 27.9. The van der Waals surface area contributed by atoms with Crippen molar-refractivity contribution in [3.8, 4) is 34.9 Å². The second kappa shape index (κ2) is 41.1. The molecular formula is C83H72Cl12F2IN17O11. The van der Waals surface area contributed by atoms with Crippen LogP contribution in [0.25, 0.3) is 22.5 Å². The maximum Gasteiger partial charge on any atom is 0.342 e. The maximum atomic E-state index is 13.4. The molecule has 0 saturated carbocycles. The van der Waals surface area contributed by atoms with Gasteiger partial charge in [0.2, 0.25) is 0 Å². The van der Waals surface area contributed by atoms with Gasteiger partial charge in [-0.1, -0.05) is 134 Å². The molecule has 15 rings (SSSR count). The van der Waals surface area contributed by atoms with E-state index in [1.807, 2.05) is 73.6 Å². The highest BCUT2D eigenvalue weighted by atomic mass is 127. The molecule has 660 valence electrons. The van der Waals surface area contributed by atoms with Crippen LogP contribution in [0.1, 0.15) is 243 Å². The molecule has 0 aliphatic carbocycles. The van der Waals surface area contributed by atoms with E-state index in [9.17, 15) is 57.0 Å². The SMILES string of the molecule is C#CC(C)(C)NC(=O)c1c(Cl)ncnc1Cl.CC(=O)c1cc2c(c(-c3ccc(F)c(Cl)c3)n1)C(=O)NC2(C)C.CC(=O)c1cc2c(c(Cl)n1)C(=O)NC2(C)C.CC(O)c1cc2c(c(-c3ccc(F)c(Cl)c3)n1)CNC2(C)C.CC1(C)NC(=O)c2c1cc(I)nc2Cl.CC1(C)NC(=O)c2c1ccnc2Cl.O=C(Cl)c1c(Cl)ncnc1Cl.O=C(O)c1c(Cl)ncnc1Cl. The molecule has 8 aromatic heterocycles. The monoisotopic (exact) mass is 2070 g/mol. The number of Topliss-reactive ketones (excluding diaryl/α,β-unsaturated/α-hetero) is 2. The molecule has 0 fully saturated rings. The maximum absolute atomic E-state index is 13.4. The highest BCUT2D eigenvalue weighted by Crippen LogP contribution is 2.42. The molecule has 5 aliphatic heterocycles. The van der Waals surface area contributed by atoms with E-state index in [-0.39, 0.29) is 136 Å². The molecular weight excluding hydrogens is 2000 g/mol. The summed E-state index contributed by atoms with van der Waals surface area (Å²) < 4.78 is 27.6. The van der Waals surface area contributed by atoms with E-state index in [1.54, 1.807) is 51.2 Å². The van der Waals surface area contributed by atoms with Gasteiger partial charge in [-0.25, -0.2) is 68.4 Å². The van der Waals surface area contributed by atoms with Gasteiger partial charge in [0, 0.05) is 43.3 Å². The molecule has 43 heteroatoms. The van der Waals surface area contributed by atoms with E-state index in [0.29, 0.717) is 51.3 Å². The molecule has 10 aromatic rings. The number of carboxylic acids is 1. The van der Waals surface area contributed by atoms with Crippen LogP contribution in [0.4, 0.5) is 8.78 Å². The minimum atomic E-state index is -1.24. The van der Waals surface area contributed by atoms with Crippen LogP contribution < -0.4 is 31.9 Å². The molecule has 5 aliphatic rings. The Balaban J connectivity index is 0.000000181. The summed E-state index contributed by atoms with van der Waals surface area (Å²) >= 11 is 69.9. The first kappa shape index (κ1) is 102. The van der Waals surface area contributed by atoms with Gasteiger partial charge >= 0.3 is 5.97 Å². The Morgan fingerprint density at radius 1 is 0.492 bits per heavy atom. The Bertz CT molecular complexity index is 6040. The van der Waals surface area contributed by atoms with Gasteiger partial charge in [0.1, 0.15) is 109 Å². The first-order valence-electron chi connectivity index (χ1n) is 36.6. The number of ketones is 2. The fourth-order valence-electron chi connectivity index (χ4n) is 12.5. The van der Waals surface area contributed by atoms with E-state index in [4.69, 9.17) is 151 Å². The summed E-state index contributed by atoms with van der Waals surface area (Å²) in [7, 11) is 0. The summed E-state index contributed by atoms with van der Waals surface area (Å²) in [6, 6.07) is 17.6. The number of nitrogens with one attached hydrogen (secondary N) is 6. The highest BCUT2D eigenvalue weighted by Gasteiger charge is 2.42. The summed E-state index contributed by atoms with van der Waals surface area (Å²) in [4.78, 5) is 145. The third-order valence-corrected chi connectivity index (χ3v) is 22.8. The van der Waals surface area contributed by atoms with Crippen LogP contribution >= 0.6 is 162 Å². The lowest BCUT2D eigenvalue weighted by molar-refractivity contribution is 0.0694. The van der Waals surface area contributed by atoms with Crippen molar-refractivity contribution in [3.05, 3.63) is 253 Å². The minimum absolute atomic E-state index is 0.00896. The number of halogens is 15. The van der Waals surface area contributed by atoms with Crippen molar-refractivity contribution >= 4 is 214 Å². The van der Waals surface area contributed by atoms with Gasteiger partial charge in [-0.15, -0.1) is 6.42 Å². The molecule has 5 amide bonds. The van der Waals surface area contributed by atoms with Crippen molar-refractivity contribution in [2.45, 2.75) is 150 Å². The van der Waals surface area contributed by atoms with E-state index in [1.165, 1.54) is 44.4 Å². The minimum Gasteiger partial charge on any atom is -0.477 e. The lowest BCUT2D eigenvalue weighted by atomic mass is 9.91. The number of aromatic carboxylic acids is 1. The molecule has 126 heavy (non-hydrogen) atoms. The average molecular weight is 2070 g/mol. The molecule has 0 spiro atoms. The van der Waals surface area contributed by atoms with Crippen LogP contribution in [0.3, 0.4) is 0 Å². The number of aliphatic hydroxyl groups is 1. The summed E-state index contributed by atoms with van der Waals surface area (Å²) in [6.07, 6.45) is 9.61. The predicted octanol–water partition coefficient (Wildman–Crippen LogP) is 19.2. The lowest BCUT2D eigenvalue weighted by Gasteiger charge is -2.21. The van der Waals surface area contributed by atoms with Gasteiger partial charge in [-0.2, -0.15) is 0 Å². The van der Waals surface area contributed by atoms with Gasteiger partial charge in [-0.3, -0.25) is 38.4 Å². The number of aliphatic hydroxyl groups excluding tert-OH is 1. The zero-order valence-electron chi connectivity index (χ0n) is 68.7. The molecule has 1 unspecified atom stereocenters. The van der Waals surface area contributed by atoms with E-state index in [2.05, 4.69) is 129 Å². The van der Waals surface area contributed by atoms with Crippen molar-refractivity contribution in [1.29, 1.82) is 0 Å². The quantitative estimate of drug-likeness (QED) is 0.0166. The van der Waals surface area contributed by atoms with Gasteiger partial charge in [0.25, 0.3) is 34.8 Å². The Hall–Kier alpha value is -9.19. The average Bonchev–Trinajstić information content (AvgIpc) is 1.59. The van der Waals surface area contributed by atoms with Crippen molar-refractivity contribution in [3.63, 3.8) is 0 Å². The number of nitrogens with zero attached hydrogens (tertiary/aromatic N) is 11. The van der Waals surface area contributed by atoms with E-state index >= 15 is 0 Å². The van der Waals surface area contributed by atoms with Crippen LogP contribution in [0.2, 0.25) is 56.4 Å². The number of benzene rings is 2. The van der Waals surface area contributed by atoms with E-state index < -0.39 is 51.5 Å². The number of carbonyl (C=O) groups excluding carboxylic acids is 8. The molecule has 1 atom stereocenters. The predicted molar refractivity (Wildman–Crippen MR) is 486 cm³/mol. The van der Waals surface area contributed by atoms with Crippen LogP contribution in [-0.2, 0) is 34.2 Å². The molecule has 13 heterocycles. The fraction of sp³-hybridized carbons (Fsp3) is 0.277. The van der Waals surface area contributed by atoms with Crippen molar-refractivity contribution in [1.82, 2.24) is 86.7 Å². The third kappa shape index (κ3) is 24.0. The van der Waals surface area contributed by atoms with Gasteiger partial charge in [0.15, 0.2) is 11.6 Å². The van der Waals surface area contributed by atoms with Gasteiger partial charge < -0.3 is 42.1 Å². The number of carbonyl (C=O) groups is 9.